The molecule has 0 spiro atoms. The number of aromatic nitrogens is 2. The normalized spacial score (nSPS) is 10.6. The highest BCUT2D eigenvalue weighted by Gasteiger charge is 2.16. The number of carboxylic acids is 1. The number of aromatic carboxylic acids is 1. The van der Waals surface area contributed by atoms with Gasteiger partial charge in [-0.3, -0.25) is 10.1 Å². The number of benzene rings is 1. The van der Waals surface area contributed by atoms with E-state index in [1.54, 1.807) is 0 Å². The number of hydrogen-bond donors (Lipinski definition) is 1. The first-order valence-corrected chi connectivity index (χ1v) is 5.71. The fraction of sp³-hybridized carbons (Fsp3) is 0.250. The number of non-ortho nitro benzene ring substituents is 1. The summed E-state index contributed by atoms with van der Waals surface area (Å²) in [7, 11) is 0. The van der Waals surface area contributed by atoms with Gasteiger partial charge in [0.25, 0.3) is 5.69 Å². The van der Waals surface area contributed by atoms with E-state index in [1.165, 1.54) is 18.2 Å². The molecule has 0 amide bonds. The molecule has 1 N–H and O–H groups in total. The fourth-order valence-corrected chi connectivity index (χ4v) is 1.78. The zero-order valence-electron chi connectivity index (χ0n) is 10.2. The van der Waals surface area contributed by atoms with E-state index in [1.807, 2.05) is 6.92 Å². The maximum Gasteiger partial charge on any atom is 0.355 e. The fourth-order valence-electron chi connectivity index (χ4n) is 1.78. The number of nitro benzene ring substituents is 1. The lowest BCUT2D eigenvalue weighted by atomic mass is 10.1. The molecule has 0 aliphatic rings. The highest BCUT2D eigenvalue weighted by molar-refractivity contribution is 6.01. The van der Waals surface area contributed by atoms with Crippen LogP contribution in [-0.2, 0) is 6.42 Å². The van der Waals surface area contributed by atoms with Crippen molar-refractivity contribution in [1.82, 2.24) is 9.97 Å². The summed E-state index contributed by atoms with van der Waals surface area (Å²) >= 11 is 0. The first-order chi connectivity index (χ1) is 9.02. The zero-order chi connectivity index (χ0) is 14.0. The maximum atomic E-state index is 11.2. The summed E-state index contributed by atoms with van der Waals surface area (Å²) in [5.41, 5.74) is 0.0282. The van der Waals surface area contributed by atoms with Crippen LogP contribution in [0.2, 0.25) is 0 Å². The minimum absolute atomic E-state index is 0.179. The van der Waals surface area contributed by atoms with Gasteiger partial charge in [0.2, 0.25) is 0 Å². The lowest BCUT2D eigenvalue weighted by Gasteiger charge is -2.05. The number of nitrogens with zero attached hydrogens (tertiary/aromatic N) is 3. The molecule has 0 radical (unpaired) electrons. The molecule has 1 aromatic heterocycles. The summed E-state index contributed by atoms with van der Waals surface area (Å²) < 4.78 is 0. The van der Waals surface area contributed by atoms with Crippen molar-refractivity contribution in [3.8, 4) is 0 Å². The Bertz CT molecular complexity index is 669. The van der Waals surface area contributed by atoms with E-state index in [9.17, 15) is 14.9 Å². The molecule has 98 valence electrons. The molecule has 2 aromatic rings. The molecule has 0 aliphatic carbocycles. The summed E-state index contributed by atoms with van der Waals surface area (Å²) in [5.74, 6) is -0.786. The molecule has 7 nitrogen and oxygen atoms in total. The van der Waals surface area contributed by atoms with Crippen LogP contribution in [0.15, 0.2) is 18.2 Å². The molecular weight excluding hydrogens is 250 g/mol. The molecule has 0 unspecified atom stereocenters. The largest absolute Gasteiger partial charge is 0.476 e. The predicted molar refractivity (Wildman–Crippen MR) is 67.1 cm³/mol. The quantitative estimate of drug-likeness (QED) is 0.667. The molecule has 0 saturated heterocycles. The van der Waals surface area contributed by atoms with E-state index < -0.39 is 10.9 Å². The first-order valence-electron chi connectivity index (χ1n) is 5.71. The third kappa shape index (κ3) is 2.49. The highest BCUT2D eigenvalue weighted by atomic mass is 16.6. The van der Waals surface area contributed by atoms with Crippen molar-refractivity contribution in [3.63, 3.8) is 0 Å². The van der Waals surface area contributed by atoms with Gasteiger partial charge < -0.3 is 5.11 Å². The van der Waals surface area contributed by atoms with Crippen LogP contribution in [0.25, 0.3) is 10.9 Å². The SMILES string of the molecule is CCCc1nc(C(=O)O)c2cc([N+](=O)[O-])ccc2n1. The molecular formula is C12H11N3O4. The van der Waals surface area contributed by atoms with E-state index in [4.69, 9.17) is 5.11 Å². The van der Waals surface area contributed by atoms with E-state index in [0.29, 0.717) is 17.8 Å². The number of aryl methyl sites for hydroxylation is 1. The van der Waals surface area contributed by atoms with Crippen LogP contribution >= 0.6 is 0 Å². The van der Waals surface area contributed by atoms with Crippen LogP contribution in [0.1, 0.15) is 29.7 Å². The second-order valence-corrected chi connectivity index (χ2v) is 4.00. The Morgan fingerprint density at radius 3 is 2.74 bits per heavy atom. The minimum atomic E-state index is -1.22. The lowest BCUT2D eigenvalue weighted by molar-refractivity contribution is -0.384. The van der Waals surface area contributed by atoms with Gasteiger partial charge in [-0.2, -0.15) is 0 Å². The van der Waals surface area contributed by atoms with Crippen molar-refractivity contribution in [2.75, 3.05) is 0 Å². The van der Waals surface area contributed by atoms with Crippen LogP contribution < -0.4 is 0 Å². The Morgan fingerprint density at radius 1 is 1.42 bits per heavy atom. The second kappa shape index (κ2) is 4.97. The van der Waals surface area contributed by atoms with Crippen LogP contribution in [0.4, 0.5) is 5.69 Å². The van der Waals surface area contributed by atoms with E-state index in [-0.39, 0.29) is 16.8 Å². The number of carboxylic acid groups (broad SMARTS) is 1. The van der Waals surface area contributed by atoms with Gasteiger partial charge in [0.05, 0.1) is 10.4 Å². The van der Waals surface area contributed by atoms with E-state index in [2.05, 4.69) is 9.97 Å². The van der Waals surface area contributed by atoms with E-state index in [0.717, 1.165) is 6.42 Å². The molecule has 0 saturated carbocycles. The predicted octanol–water partition coefficient (Wildman–Crippen LogP) is 2.19. The summed E-state index contributed by atoms with van der Waals surface area (Å²) in [5, 5.41) is 20.0. The summed E-state index contributed by atoms with van der Waals surface area (Å²) in [4.78, 5) is 29.5. The maximum absolute atomic E-state index is 11.2. The zero-order valence-corrected chi connectivity index (χ0v) is 10.2. The molecule has 1 aromatic carbocycles. The summed E-state index contributed by atoms with van der Waals surface area (Å²) in [6.07, 6.45) is 1.35. The Labute approximate surface area is 108 Å². The van der Waals surface area contributed by atoms with Gasteiger partial charge in [-0.1, -0.05) is 6.92 Å². The number of fused-ring (bicyclic) bond motifs is 1. The van der Waals surface area contributed by atoms with Crippen molar-refractivity contribution in [2.24, 2.45) is 0 Å². The number of hydrogen-bond acceptors (Lipinski definition) is 5. The van der Waals surface area contributed by atoms with Gasteiger partial charge in [0.1, 0.15) is 5.82 Å². The van der Waals surface area contributed by atoms with Gasteiger partial charge in [0, 0.05) is 23.9 Å². The minimum Gasteiger partial charge on any atom is -0.476 e. The van der Waals surface area contributed by atoms with Crippen molar-refractivity contribution in [2.45, 2.75) is 19.8 Å². The van der Waals surface area contributed by atoms with Crippen molar-refractivity contribution < 1.29 is 14.8 Å². The van der Waals surface area contributed by atoms with Crippen LogP contribution in [0.5, 0.6) is 0 Å². The van der Waals surface area contributed by atoms with Gasteiger partial charge >= 0.3 is 5.97 Å². The van der Waals surface area contributed by atoms with Gasteiger partial charge in [-0.25, -0.2) is 14.8 Å². The van der Waals surface area contributed by atoms with Crippen molar-refractivity contribution in [1.29, 1.82) is 0 Å². The average molecular weight is 261 g/mol. The number of nitro groups is 1. The third-order valence-corrected chi connectivity index (χ3v) is 2.61. The molecule has 2 rings (SSSR count). The van der Waals surface area contributed by atoms with Gasteiger partial charge in [0.15, 0.2) is 5.69 Å². The van der Waals surface area contributed by atoms with Crippen LogP contribution in [-0.4, -0.2) is 26.0 Å². The molecule has 1 heterocycles. The first kappa shape index (κ1) is 12.9. The monoisotopic (exact) mass is 261 g/mol. The standard InChI is InChI=1S/C12H11N3O4/c1-2-3-10-13-9-5-4-7(15(18)19)6-8(9)11(14-10)12(16)17/h4-6H,2-3H2,1H3,(H,16,17). The molecule has 0 bridgehead atoms. The lowest BCUT2D eigenvalue weighted by Crippen LogP contribution is -2.07. The number of carbonyl (C=O) groups is 1. The smallest absolute Gasteiger partial charge is 0.355 e. The van der Waals surface area contributed by atoms with Gasteiger partial charge in [-0.05, 0) is 12.5 Å². The summed E-state index contributed by atoms with van der Waals surface area (Å²) in [6.45, 7) is 1.93. The van der Waals surface area contributed by atoms with Crippen LogP contribution in [0, 0.1) is 10.1 Å². The van der Waals surface area contributed by atoms with Crippen LogP contribution in [0.3, 0.4) is 0 Å². The third-order valence-electron chi connectivity index (χ3n) is 2.61. The Hall–Kier alpha value is -2.57. The Kier molecular flexibility index (Phi) is 3.37. The molecule has 0 atom stereocenters. The highest BCUT2D eigenvalue weighted by Crippen LogP contribution is 2.22. The Morgan fingerprint density at radius 2 is 2.16 bits per heavy atom. The average Bonchev–Trinajstić information content (AvgIpc) is 2.37. The van der Waals surface area contributed by atoms with Crippen molar-refractivity contribution in [3.05, 3.63) is 39.8 Å². The number of rotatable bonds is 4. The Balaban J connectivity index is 2.72. The molecule has 19 heavy (non-hydrogen) atoms. The summed E-state index contributed by atoms with van der Waals surface area (Å²) in [6, 6.07) is 3.94. The molecule has 0 fully saturated rings. The second-order valence-electron chi connectivity index (χ2n) is 4.00. The van der Waals surface area contributed by atoms with E-state index >= 15 is 0 Å². The van der Waals surface area contributed by atoms with Crippen molar-refractivity contribution >= 4 is 22.6 Å². The molecule has 0 aliphatic heterocycles. The topological polar surface area (TPSA) is 106 Å². The molecule has 7 heteroatoms. The van der Waals surface area contributed by atoms with Gasteiger partial charge in [-0.15, -0.1) is 0 Å².